The first-order chi connectivity index (χ1) is 9.05. The molecule has 5 heteroatoms. The number of nitrogens with two attached hydrogens (primary N) is 1. The molecule has 1 unspecified atom stereocenters. The lowest BCUT2D eigenvalue weighted by molar-refractivity contribution is -0.124. The lowest BCUT2D eigenvalue weighted by atomic mass is 9.97. The molecule has 3 N–H and O–H groups in total. The van der Waals surface area contributed by atoms with Gasteiger partial charge in [-0.2, -0.15) is 0 Å². The molecule has 0 saturated carbocycles. The maximum atomic E-state index is 12.1. The van der Waals surface area contributed by atoms with Crippen LogP contribution in [0.1, 0.15) is 41.0 Å². The Kier molecular flexibility index (Phi) is 5.58. The Morgan fingerprint density at radius 1 is 1.35 bits per heavy atom. The van der Waals surface area contributed by atoms with Crippen LogP contribution in [0.25, 0.3) is 0 Å². The van der Waals surface area contributed by atoms with Gasteiger partial charge in [0.1, 0.15) is 0 Å². The zero-order valence-electron chi connectivity index (χ0n) is 14.0. The van der Waals surface area contributed by atoms with Gasteiger partial charge in [0.05, 0.1) is 0 Å². The number of piperazine rings is 1. The van der Waals surface area contributed by atoms with Gasteiger partial charge in [0.2, 0.25) is 5.91 Å². The van der Waals surface area contributed by atoms with Gasteiger partial charge in [-0.25, -0.2) is 0 Å². The minimum absolute atomic E-state index is 0.0877. The molecule has 0 bridgehead atoms. The summed E-state index contributed by atoms with van der Waals surface area (Å²) in [4.78, 5) is 16.8. The highest BCUT2D eigenvalue weighted by molar-refractivity contribution is 5.77. The minimum atomic E-state index is -0.183. The molecule has 0 aliphatic carbocycles. The first-order valence-electron chi connectivity index (χ1n) is 7.51. The van der Waals surface area contributed by atoms with Crippen molar-refractivity contribution in [3.8, 4) is 0 Å². The third-order valence-corrected chi connectivity index (χ3v) is 4.07. The SMILES string of the molecule is CN1CCN(C(CN)CC(=O)NC(C)(C)C)CC1(C)C. The molecule has 0 radical (unpaired) electrons. The van der Waals surface area contributed by atoms with Crippen LogP contribution < -0.4 is 11.1 Å². The normalized spacial score (nSPS) is 22.6. The van der Waals surface area contributed by atoms with Gasteiger partial charge < -0.3 is 11.1 Å². The summed E-state index contributed by atoms with van der Waals surface area (Å²) in [5.74, 6) is 0.0877. The number of amides is 1. The quantitative estimate of drug-likeness (QED) is 0.795. The maximum Gasteiger partial charge on any atom is 0.222 e. The van der Waals surface area contributed by atoms with Gasteiger partial charge in [0.15, 0.2) is 0 Å². The Hall–Kier alpha value is -0.650. The van der Waals surface area contributed by atoms with Gasteiger partial charge in [0.25, 0.3) is 0 Å². The molecule has 20 heavy (non-hydrogen) atoms. The third-order valence-electron chi connectivity index (χ3n) is 4.07. The van der Waals surface area contributed by atoms with Crippen molar-refractivity contribution in [2.45, 2.75) is 58.2 Å². The second-order valence-corrected chi connectivity index (χ2v) is 7.60. The van der Waals surface area contributed by atoms with E-state index in [1.165, 1.54) is 0 Å². The molecule has 118 valence electrons. The molecule has 0 aromatic carbocycles. The van der Waals surface area contributed by atoms with Crippen LogP contribution in [0.3, 0.4) is 0 Å². The average Bonchev–Trinajstić information content (AvgIpc) is 2.27. The standard InChI is InChI=1S/C15H32N4O/c1-14(2,3)17-13(20)9-12(10-16)19-8-7-18(6)15(4,5)11-19/h12H,7-11,16H2,1-6H3,(H,17,20). The van der Waals surface area contributed by atoms with Crippen molar-refractivity contribution in [2.75, 3.05) is 33.2 Å². The number of rotatable bonds is 4. The molecule has 1 rings (SSSR count). The van der Waals surface area contributed by atoms with Crippen LogP contribution in [0.5, 0.6) is 0 Å². The van der Waals surface area contributed by atoms with Crippen LogP contribution in [-0.2, 0) is 4.79 Å². The predicted octanol–water partition coefficient (Wildman–Crippen LogP) is 0.645. The first kappa shape index (κ1) is 17.4. The summed E-state index contributed by atoms with van der Waals surface area (Å²) in [6, 6.07) is 0.130. The van der Waals surface area contributed by atoms with E-state index in [1.807, 2.05) is 20.8 Å². The second-order valence-electron chi connectivity index (χ2n) is 7.60. The highest BCUT2D eigenvalue weighted by atomic mass is 16.1. The largest absolute Gasteiger partial charge is 0.351 e. The van der Waals surface area contributed by atoms with Crippen LogP contribution in [0, 0.1) is 0 Å². The first-order valence-corrected chi connectivity index (χ1v) is 7.51. The molecule has 0 aromatic heterocycles. The van der Waals surface area contributed by atoms with Crippen molar-refractivity contribution in [3.63, 3.8) is 0 Å². The lowest BCUT2D eigenvalue weighted by Gasteiger charge is -2.47. The third kappa shape index (κ3) is 5.04. The van der Waals surface area contributed by atoms with E-state index in [0.29, 0.717) is 13.0 Å². The minimum Gasteiger partial charge on any atom is -0.351 e. The molecule has 1 heterocycles. The smallest absolute Gasteiger partial charge is 0.222 e. The molecule has 1 saturated heterocycles. The Morgan fingerprint density at radius 2 is 1.95 bits per heavy atom. The Bertz CT molecular complexity index is 335. The highest BCUT2D eigenvalue weighted by Gasteiger charge is 2.34. The number of carbonyl (C=O) groups is 1. The number of hydrogen-bond acceptors (Lipinski definition) is 4. The van der Waals surface area contributed by atoms with E-state index >= 15 is 0 Å². The van der Waals surface area contributed by atoms with Crippen molar-refractivity contribution in [2.24, 2.45) is 5.73 Å². The van der Waals surface area contributed by atoms with Crippen LogP contribution >= 0.6 is 0 Å². The molecular formula is C15H32N4O. The van der Waals surface area contributed by atoms with Gasteiger partial charge in [0, 0.05) is 49.7 Å². The summed E-state index contributed by atoms with van der Waals surface area (Å²) in [7, 11) is 2.15. The van der Waals surface area contributed by atoms with Crippen molar-refractivity contribution in [3.05, 3.63) is 0 Å². The zero-order valence-corrected chi connectivity index (χ0v) is 14.0. The van der Waals surface area contributed by atoms with Gasteiger partial charge >= 0.3 is 0 Å². The zero-order chi connectivity index (χ0) is 15.6. The molecule has 1 aliphatic heterocycles. The Balaban J connectivity index is 2.61. The molecule has 1 fully saturated rings. The van der Waals surface area contributed by atoms with E-state index in [9.17, 15) is 4.79 Å². The van der Waals surface area contributed by atoms with Gasteiger partial charge in [-0.1, -0.05) is 0 Å². The van der Waals surface area contributed by atoms with Crippen LogP contribution in [0.15, 0.2) is 0 Å². The van der Waals surface area contributed by atoms with Crippen molar-refractivity contribution in [1.29, 1.82) is 0 Å². The fraction of sp³-hybridized carbons (Fsp3) is 0.933. The maximum absolute atomic E-state index is 12.1. The predicted molar refractivity (Wildman–Crippen MR) is 83.6 cm³/mol. The van der Waals surface area contributed by atoms with E-state index in [1.54, 1.807) is 0 Å². The van der Waals surface area contributed by atoms with Gasteiger partial charge in [-0.15, -0.1) is 0 Å². The number of likely N-dealkylation sites (N-methyl/N-ethyl adjacent to an activating group) is 1. The van der Waals surface area contributed by atoms with Crippen molar-refractivity contribution >= 4 is 5.91 Å². The number of nitrogens with one attached hydrogen (secondary N) is 1. The van der Waals surface area contributed by atoms with E-state index in [0.717, 1.165) is 19.6 Å². The molecular weight excluding hydrogens is 252 g/mol. The van der Waals surface area contributed by atoms with E-state index < -0.39 is 0 Å². The summed E-state index contributed by atoms with van der Waals surface area (Å²) in [5, 5.41) is 3.02. The lowest BCUT2D eigenvalue weighted by Crippen LogP contribution is -2.61. The molecule has 1 atom stereocenters. The second kappa shape index (κ2) is 6.41. The summed E-state index contributed by atoms with van der Waals surface area (Å²) in [6.07, 6.45) is 0.480. The molecule has 0 spiro atoms. The summed E-state index contributed by atoms with van der Waals surface area (Å²) < 4.78 is 0. The molecule has 5 nitrogen and oxygen atoms in total. The number of hydrogen-bond donors (Lipinski definition) is 2. The highest BCUT2D eigenvalue weighted by Crippen LogP contribution is 2.21. The van der Waals surface area contributed by atoms with Crippen molar-refractivity contribution in [1.82, 2.24) is 15.1 Å². The number of carbonyl (C=O) groups excluding carboxylic acids is 1. The van der Waals surface area contributed by atoms with Gasteiger partial charge in [-0.05, 0) is 41.7 Å². The fourth-order valence-electron chi connectivity index (χ4n) is 2.63. The van der Waals surface area contributed by atoms with Crippen molar-refractivity contribution < 1.29 is 4.79 Å². The van der Waals surface area contributed by atoms with E-state index in [-0.39, 0.29) is 23.0 Å². The van der Waals surface area contributed by atoms with Crippen LogP contribution in [0.4, 0.5) is 0 Å². The van der Waals surface area contributed by atoms with E-state index in [4.69, 9.17) is 5.73 Å². The van der Waals surface area contributed by atoms with Crippen LogP contribution in [0.2, 0.25) is 0 Å². The monoisotopic (exact) mass is 284 g/mol. The molecule has 0 aromatic rings. The van der Waals surface area contributed by atoms with E-state index in [2.05, 4.69) is 36.0 Å². The van der Waals surface area contributed by atoms with Gasteiger partial charge in [-0.3, -0.25) is 14.6 Å². The topological polar surface area (TPSA) is 61.6 Å². The number of nitrogens with zero attached hydrogens (tertiary/aromatic N) is 2. The fourth-order valence-corrected chi connectivity index (χ4v) is 2.63. The van der Waals surface area contributed by atoms with Crippen LogP contribution in [-0.4, -0.2) is 66.1 Å². The Morgan fingerprint density at radius 3 is 2.40 bits per heavy atom. The molecule has 1 amide bonds. The summed E-state index contributed by atoms with van der Waals surface area (Å²) >= 11 is 0. The average molecular weight is 284 g/mol. The molecule has 1 aliphatic rings. The summed E-state index contributed by atoms with van der Waals surface area (Å²) in [5.41, 5.74) is 5.85. The summed E-state index contributed by atoms with van der Waals surface area (Å²) in [6.45, 7) is 14.0. The Labute approximate surface area is 123 Å².